The first kappa shape index (κ1) is 19.7. The Bertz CT molecular complexity index is 928. The third-order valence-electron chi connectivity index (χ3n) is 4.15. The molecule has 0 saturated heterocycles. The summed E-state index contributed by atoms with van der Waals surface area (Å²) in [5.41, 5.74) is 3.01. The van der Waals surface area contributed by atoms with Gasteiger partial charge in [-0.3, -0.25) is 9.78 Å². The number of aromatic nitrogens is 1. The molecule has 1 aromatic heterocycles. The summed E-state index contributed by atoms with van der Waals surface area (Å²) in [5.74, 6) is 0.554. The number of halogens is 1. The van der Waals surface area contributed by atoms with Gasteiger partial charge in [-0.1, -0.05) is 17.7 Å². The first-order valence-electron chi connectivity index (χ1n) is 8.94. The van der Waals surface area contributed by atoms with Gasteiger partial charge in [-0.25, -0.2) is 0 Å². The zero-order valence-electron chi connectivity index (χ0n) is 15.9. The summed E-state index contributed by atoms with van der Waals surface area (Å²) in [5, 5.41) is 3.50. The summed E-state index contributed by atoms with van der Waals surface area (Å²) in [6, 6.07) is 18.3. The van der Waals surface area contributed by atoms with Gasteiger partial charge in [-0.2, -0.15) is 0 Å². The molecule has 0 aliphatic rings. The van der Waals surface area contributed by atoms with Crippen LogP contribution in [0, 0.1) is 0 Å². The van der Waals surface area contributed by atoms with Crippen LogP contribution in [0.1, 0.15) is 16.1 Å². The topological polar surface area (TPSA) is 54.5 Å². The van der Waals surface area contributed by atoms with Crippen LogP contribution in [0.4, 0.5) is 11.4 Å². The van der Waals surface area contributed by atoms with E-state index in [9.17, 15) is 4.79 Å². The molecular weight excluding hydrogens is 374 g/mol. The number of benzene rings is 2. The molecule has 1 amide bonds. The maximum absolute atomic E-state index is 12.6. The first-order valence-corrected chi connectivity index (χ1v) is 9.32. The van der Waals surface area contributed by atoms with E-state index in [0.29, 0.717) is 22.9 Å². The third kappa shape index (κ3) is 5.24. The number of nitrogens with zero attached hydrogens (tertiary/aromatic N) is 2. The quantitative estimate of drug-likeness (QED) is 0.631. The highest BCUT2D eigenvalue weighted by Crippen LogP contribution is 2.25. The van der Waals surface area contributed by atoms with E-state index in [1.807, 2.05) is 61.5 Å². The average Bonchev–Trinajstić information content (AvgIpc) is 2.70. The fourth-order valence-electron chi connectivity index (χ4n) is 2.72. The number of anilines is 2. The van der Waals surface area contributed by atoms with Crippen LogP contribution in [-0.2, 0) is 6.42 Å². The number of nitrogens with one attached hydrogen (secondary N) is 1. The number of hydrogen-bond acceptors (Lipinski definition) is 4. The maximum Gasteiger partial charge on any atom is 0.257 e. The van der Waals surface area contributed by atoms with Crippen molar-refractivity contribution in [3.8, 4) is 5.75 Å². The van der Waals surface area contributed by atoms with E-state index < -0.39 is 0 Å². The zero-order valence-corrected chi connectivity index (χ0v) is 16.6. The largest absolute Gasteiger partial charge is 0.493 e. The SMILES string of the molecule is CN(C)c1cc(Cl)ccc1C(=O)Nc1ccc(OCCc2ccccn2)cc1. The molecule has 0 aliphatic heterocycles. The van der Waals surface area contributed by atoms with Gasteiger partial charge in [0.1, 0.15) is 5.75 Å². The van der Waals surface area contributed by atoms with Crippen LogP contribution in [-0.4, -0.2) is 31.6 Å². The number of rotatable bonds is 7. The van der Waals surface area contributed by atoms with Crippen LogP contribution >= 0.6 is 11.6 Å². The summed E-state index contributed by atoms with van der Waals surface area (Å²) < 4.78 is 5.74. The molecule has 0 radical (unpaired) electrons. The van der Waals surface area contributed by atoms with Crippen molar-refractivity contribution in [1.82, 2.24) is 4.98 Å². The Morgan fingerprint density at radius 2 is 1.89 bits per heavy atom. The molecule has 1 heterocycles. The number of carbonyl (C=O) groups excluding carboxylic acids is 1. The second-order valence-corrected chi connectivity index (χ2v) is 6.89. The predicted molar refractivity (Wildman–Crippen MR) is 114 cm³/mol. The van der Waals surface area contributed by atoms with E-state index in [-0.39, 0.29) is 5.91 Å². The molecule has 3 rings (SSSR count). The molecule has 0 aliphatic carbocycles. The molecular formula is C22H22ClN3O2. The fourth-order valence-corrected chi connectivity index (χ4v) is 2.89. The molecule has 5 nitrogen and oxygen atoms in total. The van der Waals surface area contributed by atoms with Crippen molar-refractivity contribution in [3.63, 3.8) is 0 Å². The number of amides is 1. The summed E-state index contributed by atoms with van der Waals surface area (Å²) in [4.78, 5) is 18.8. The van der Waals surface area contributed by atoms with Crippen molar-refractivity contribution < 1.29 is 9.53 Å². The van der Waals surface area contributed by atoms with Crippen molar-refractivity contribution in [1.29, 1.82) is 0 Å². The highest BCUT2D eigenvalue weighted by Gasteiger charge is 2.13. The van der Waals surface area contributed by atoms with E-state index in [0.717, 1.165) is 23.6 Å². The summed E-state index contributed by atoms with van der Waals surface area (Å²) in [6.45, 7) is 0.541. The van der Waals surface area contributed by atoms with E-state index in [2.05, 4.69) is 10.3 Å². The molecule has 0 bridgehead atoms. The van der Waals surface area contributed by atoms with Crippen LogP contribution < -0.4 is 15.0 Å². The van der Waals surface area contributed by atoms with Gasteiger partial charge in [0.05, 0.1) is 17.9 Å². The molecule has 0 fully saturated rings. The predicted octanol–water partition coefficient (Wildman–Crippen LogP) is 4.67. The van der Waals surface area contributed by atoms with Gasteiger partial charge < -0.3 is 15.0 Å². The molecule has 0 atom stereocenters. The van der Waals surface area contributed by atoms with Crippen LogP contribution in [0.2, 0.25) is 5.02 Å². The second kappa shape index (κ2) is 9.24. The Morgan fingerprint density at radius 3 is 2.57 bits per heavy atom. The van der Waals surface area contributed by atoms with E-state index in [4.69, 9.17) is 16.3 Å². The monoisotopic (exact) mass is 395 g/mol. The van der Waals surface area contributed by atoms with Gasteiger partial charge in [-0.15, -0.1) is 0 Å². The van der Waals surface area contributed by atoms with E-state index in [1.165, 1.54) is 0 Å². The molecule has 1 N–H and O–H groups in total. The van der Waals surface area contributed by atoms with Crippen molar-refractivity contribution in [3.05, 3.63) is 83.1 Å². The third-order valence-corrected chi connectivity index (χ3v) is 4.39. The highest BCUT2D eigenvalue weighted by atomic mass is 35.5. The van der Waals surface area contributed by atoms with Crippen LogP contribution in [0.25, 0.3) is 0 Å². The molecule has 2 aromatic carbocycles. The zero-order chi connectivity index (χ0) is 19.9. The van der Waals surface area contributed by atoms with Gasteiger partial charge in [0.15, 0.2) is 0 Å². The number of hydrogen-bond donors (Lipinski definition) is 1. The van der Waals surface area contributed by atoms with Gasteiger partial charge in [0.25, 0.3) is 5.91 Å². The lowest BCUT2D eigenvalue weighted by atomic mass is 10.1. The molecule has 6 heteroatoms. The Kier molecular flexibility index (Phi) is 6.50. The number of pyridine rings is 1. The summed E-state index contributed by atoms with van der Waals surface area (Å²) >= 11 is 6.05. The Hall–Kier alpha value is -3.05. The highest BCUT2D eigenvalue weighted by molar-refractivity contribution is 6.31. The number of ether oxygens (including phenoxy) is 1. The van der Waals surface area contributed by atoms with Gasteiger partial charge >= 0.3 is 0 Å². The minimum atomic E-state index is -0.191. The molecule has 0 spiro atoms. The summed E-state index contributed by atoms with van der Waals surface area (Å²) in [6.07, 6.45) is 2.51. The lowest BCUT2D eigenvalue weighted by molar-refractivity contribution is 0.102. The second-order valence-electron chi connectivity index (χ2n) is 6.45. The first-order chi connectivity index (χ1) is 13.5. The molecule has 28 heavy (non-hydrogen) atoms. The maximum atomic E-state index is 12.6. The van der Waals surface area contributed by atoms with E-state index >= 15 is 0 Å². The normalized spacial score (nSPS) is 10.4. The lowest BCUT2D eigenvalue weighted by Crippen LogP contribution is -2.18. The van der Waals surface area contributed by atoms with Crippen molar-refractivity contribution in [2.24, 2.45) is 0 Å². The number of carbonyl (C=O) groups is 1. The Morgan fingerprint density at radius 1 is 1.11 bits per heavy atom. The van der Waals surface area contributed by atoms with Gasteiger partial charge in [0.2, 0.25) is 0 Å². The van der Waals surface area contributed by atoms with E-state index in [1.54, 1.807) is 24.4 Å². The molecule has 0 unspecified atom stereocenters. The van der Waals surface area contributed by atoms with Crippen LogP contribution in [0.5, 0.6) is 5.75 Å². The smallest absolute Gasteiger partial charge is 0.257 e. The van der Waals surface area contributed by atoms with Crippen LogP contribution in [0.15, 0.2) is 66.9 Å². The minimum Gasteiger partial charge on any atom is -0.493 e. The lowest BCUT2D eigenvalue weighted by Gasteiger charge is -2.17. The van der Waals surface area contributed by atoms with Gasteiger partial charge in [-0.05, 0) is 54.6 Å². The Labute approximate surface area is 169 Å². The van der Waals surface area contributed by atoms with Crippen LogP contribution in [0.3, 0.4) is 0 Å². The van der Waals surface area contributed by atoms with Crippen molar-refractivity contribution in [2.45, 2.75) is 6.42 Å². The standard InChI is InChI=1S/C22H22ClN3O2/c1-26(2)21-15-16(23)6-11-20(21)22(27)25-18-7-9-19(10-8-18)28-14-12-17-5-3-4-13-24-17/h3-11,13,15H,12,14H2,1-2H3,(H,25,27). The van der Waals surface area contributed by atoms with Crippen molar-refractivity contribution >= 4 is 28.9 Å². The fraction of sp³-hybridized carbons (Fsp3) is 0.182. The molecule has 3 aromatic rings. The average molecular weight is 396 g/mol. The Balaban J connectivity index is 1.59. The van der Waals surface area contributed by atoms with Gasteiger partial charge in [0, 0.05) is 43.1 Å². The molecule has 0 saturated carbocycles. The summed E-state index contributed by atoms with van der Waals surface area (Å²) in [7, 11) is 3.75. The molecule has 144 valence electrons. The minimum absolute atomic E-state index is 0.191. The van der Waals surface area contributed by atoms with Crippen molar-refractivity contribution in [2.75, 3.05) is 30.9 Å².